The first-order valence-corrected chi connectivity index (χ1v) is 10.9. The van der Waals surface area contributed by atoms with Gasteiger partial charge < -0.3 is 31.3 Å². The molecule has 1 aromatic rings. The van der Waals surface area contributed by atoms with Crippen LogP contribution in [0.15, 0.2) is 41.3 Å². The van der Waals surface area contributed by atoms with E-state index in [0.29, 0.717) is 11.1 Å². The predicted octanol–water partition coefficient (Wildman–Crippen LogP) is 0.294. The zero-order chi connectivity index (χ0) is 26.1. The number of amides is 1. The Morgan fingerprint density at radius 1 is 1.23 bits per heavy atom. The number of benzene rings is 1. The van der Waals surface area contributed by atoms with Crippen molar-refractivity contribution in [3.8, 4) is 5.75 Å². The van der Waals surface area contributed by atoms with E-state index >= 15 is 0 Å². The van der Waals surface area contributed by atoms with E-state index in [0.717, 1.165) is 0 Å². The Hall–Kier alpha value is -3.69. The molecule has 1 amide bonds. The highest BCUT2D eigenvalue weighted by Gasteiger charge is 2.68. The second-order valence-electron chi connectivity index (χ2n) is 9.36. The van der Waals surface area contributed by atoms with Crippen LogP contribution in [0.2, 0.25) is 0 Å². The number of primary amides is 1. The van der Waals surface area contributed by atoms with Crippen LogP contribution in [0.1, 0.15) is 29.5 Å². The van der Waals surface area contributed by atoms with Gasteiger partial charge in [-0.2, -0.15) is 0 Å². The van der Waals surface area contributed by atoms with Gasteiger partial charge in [-0.15, -0.1) is 5.73 Å². The molecule has 4 rings (SSSR count). The third kappa shape index (κ3) is 2.98. The number of carbonyl (C=O) groups is 3. The molecule has 0 spiro atoms. The Balaban J connectivity index is 2.10. The molecule has 6 atom stereocenters. The van der Waals surface area contributed by atoms with Crippen molar-refractivity contribution in [1.29, 1.82) is 0 Å². The van der Waals surface area contributed by atoms with Gasteiger partial charge in [-0.05, 0) is 43.3 Å². The summed E-state index contributed by atoms with van der Waals surface area (Å²) in [7, 11) is 2.91. The lowest BCUT2D eigenvalue weighted by atomic mass is 9.54. The Morgan fingerprint density at radius 3 is 2.40 bits per heavy atom. The molecule has 7 N–H and O–H groups in total. The van der Waals surface area contributed by atoms with E-state index in [-0.39, 0.29) is 11.3 Å². The van der Waals surface area contributed by atoms with Crippen molar-refractivity contribution in [2.24, 2.45) is 17.6 Å². The van der Waals surface area contributed by atoms with Crippen molar-refractivity contribution < 1.29 is 39.9 Å². The molecule has 184 valence electrons. The van der Waals surface area contributed by atoms with Crippen LogP contribution < -0.4 is 5.73 Å². The van der Waals surface area contributed by atoms with Gasteiger partial charge in [-0.25, -0.2) is 0 Å². The molecule has 0 heterocycles. The lowest BCUT2D eigenvalue weighted by Gasteiger charge is -2.53. The minimum absolute atomic E-state index is 0.0787. The van der Waals surface area contributed by atoms with E-state index in [1.165, 1.54) is 31.1 Å². The van der Waals surface area contributed by atoms with Gasteiger partial charge in [0, 0.05) is 11.5 Å². The average molecular weight is 482 g/mol. The van der Waals surface area contributed by atoms with Crippen LogP contribution in [0.3, 0.4) is 0 Å². The van der Waals surface area contributed by atoms with E-state index in [9.17, 15) is 39.9 Å². The van der Waals surface area contributed by atoms with E-state index < -0.39 is 75.6 Å². The molecule has 3 aliphatic rings. The minimum Gasteiger partial charge on any atom is -0.508 e. The molecule has 0 radical (unpaired) electrons. The maximum Gasteiger partial charge on any atom is 0.255 e. The minimum atomic E-state index is -2.93. The number of aromatic hydroxyl groups is 1. The van der Waals surface area contributed by atoms with Crippen molar-refractivity contribution in [3.05, 3.63) is 58.0 Å². The molecule has 0 aliphatic heterocycles. The van der Waals surface area contributed by atoms with Crippen molar-refractivity contribution in [2.75, 3.05) is 14.1 Å². The highest BCUT2D eigenvalue weighted by Crippen LogP contribution is 2.56. The molecule has 0 aromatic heterocycles. The van der Waals surface area contributed by atoms with Crippen LogP contribution in [0.4, 0.5) is 0 Å². The molecule has 1 unspecified atom stereocenters. The van der Waals surface area contributed by atoms with Crippen LogP contribution in [0.25, 0.3) is 11.8 Å². The summed E-state index contributed by atoms with van der Waals surface area (Å²) in [6, 6.07) is 1.47. The molecule has 0 bridgehead atoms. The molecular weight excluding hydrogens is 456 g/mol. The van der Waals surface area contributed by atoms with Gasteiger partial charge in [0.05, 0.1) is 23.6 Å². The number of Topliss-reactive ketones (excluding diaryl/α,β-unsaturated/α-hetero) is 2. The SMILES string of the molecule is C=C=Cc1ccc(O)c2c1[C@H](C)[C@@H]1C(=C2O)C(=O)[C@]2(O)C(O)=C(C(N)=O)C(=O)C(N(C)C)[C@@H]2[C@H]1O. The Kier molecular flexibility index (Phi) is 5.53. The molecule has 1 fully saturated rings. The zero-order valence-corrected chi connectivity index (χ0v) is 19.3. The summed E-state index contributed by atoms with van der Waals surface area (Å²) in [5, 5.41) is 55.8. The summed E-state index contributed by atoms with van der Waals surface area (Å²) < 4.78 is 0. The average Bonchev–Trinajstić information content (AvgIpc) is 2.77. The molecule has 0 saturated heterocycles. The first-order valence-electron chi connectivity index (χ1n) is 10.9. The Morgan fingerprint density at radius 2 is 1.86 bits per heavy atom. The first kappa shape index (κ1) is 24.4. The van der Waals surface area contributed by atoms with Crippen LogP contribution in [0, 0.1) is 11.8 Å². The number of fused-ring (bicyclic) bond motifs is 3. The quantitative estimate of drug-likeness (QED) is 0.261. The number of likely N-dealkylation sites (N-methyl/N-ethyl adjacent to an activating group) is 1. The van der Waals surface area contributed by atoms with E-state index in [2.05, 4.69) is 12.3 Å². The van der Waals surface area contributed by atoms with Gasteiger partial charge in [0.1, 0.15) is 22.8 Å². The zero-order valence-electron chi connectivity index (χ0n) is 19.3. The van der Waals surface area contributed by atoms with E-state index in [1.54, 1.807) is 13.0 Å². The summed E-state index contributed by atoms with van der Waals surface area (Å²) in [4.78, 5) is 40.3. The van der Waals surface area contributed by atoms with Crippen LogP contribution in [-0.2, 0) is 14.4 Å². The normalized spacial score (nSPS) is 32.1. The van der Waals surface area contributed by atoms with Gasteiger partial charge in [-0.1, -0.05) is 19.6 Å². The number of rotatable bonds is 3. The third-order valence-corrected chi connectivity index (χ3v) is 7.40. The van der Waals surface area contributed by atoms with Crippen molar-refractivity contribution in [2.45, 2.75) is 30.6 Å². The largest absolute Gasteiger partial charge is 0.508 e. The number of phenols is 1. The van der Waals surface area contributed by atoms with Crippen molar-refractivity contribution in [3.63, 3.8) is 0 Å². The van der Waals surface area contributed by atoms with Gasteiger partial charge in [0.2, 0.25) is 5.78 Å². The molecular formula is C25H26N2O8. The number of nitrogens with zero attached hydrogens (tertiary/aromatic N) is 1. The second kappa shape index (κ2) is 7.93. The standard InChI is InChI=1S/C25H26N2O8/c1-5-6-10-7-8-11(28)14-12(10)9(2)13-15(19(14)29)22(32)25(35)17(20(13)30)18(27(3)4)21(31)16(23(25)33)24(26)34/h6-9,13,17-18,20,28-30,33,35H,1H2,2-4H3,(H2,26,34)/t9-,13+,17+,18?,20-,25-/m0/s1. The number of hydrogen-bond acceptors (Lipinski definition) is 9. The monoisotopic (exact) mass is 482 g/mol. The van der Waals surface area contributed by atoms with Gasteiger partial charge in [0.25, 0.3) is 5.91 Å². The summed E-state index contributed by atoms with van der Waals surface area (Å²) in [5.41, 5.74) is 4.44. The predicted molar refractivity (Wildman–Crippen MR) is 124 cm³/mol. The van der Waals surface area contributed by atoms with Crippen molar-refractivity contribution >= 4 is 29.3 Å². The first-order chi connectivity index (χ1) is 16.3. The number of phenolic OH excluding ortho intramolecular Hbond substituents is 1. The lowest BCUT2D eigenvalue weighted by molar-refractivity contribution is -0.169. The number of nitrogens with two attached hydrogens (primary N) is 1. The topological polar surface area (TPSA) is 182 Å². The van der Waals surface area contributed by atoms with E-state index in [1.807, 2.05) is 0 Å². The number of hydrogen-bond donors (Lipinski definition) is 6. The van der Waals surface area contributed by atoms with Gasteiger partial charge in [-0.3, -0.25) is 19.3 Å². The lowest BCUT2D eigenvalue weighted by Crippen LogP contribution is -2.70. The highest BCUT2D eigenvalue weighted by molar-refractivity contribution is 6.24. The Bertz CT molecular complexity index is 1300. The summed E-state index contributed by atoms with van der Waals surface area (Å²) in [6.45, 7) is 5.21. The van der Waals surface area contributed by atoms with Gasteiger partial charge >= 0.3 is 0 Å². The molecule has 35 heavy (non-hydrogen) atoms. The fourth-order valence-corrected chi connectivity index (χ4v) is 5.97. The number of carbonyl (C=O) groups excluding carboxylic acids is 3. The second-order valence-corrected chi connectivity index (χ2v) is 9.36. The molecule has 10 nitrogen and oxygen atoms in total. The van der Waals surface area contributed by atoms with Crippen LogP contribution in [-0.4, -0.2) is 79.7 Å². The smallest absolute Gasteiger partial charge is 0.255 e. The molecule has 10 heteroatoms. The number of aliphatic hydroxyl groups is 4. The van der Waals surface area contributed by atoms with Crippen LogP contribution >= 0.6 is 0 Å². The highest BCUT2D eigenvalue weighted by atomic mass is 16.4. The number of ketones is 2. The maximum atomic E-state index is 13.8. The van der Waals surface area contributed by atoms with Crippen LogP contribution in [0.5, 0.6) is 5.75 Å². The molecule has 1 saturated carbocycles. The molecule has 1 aromatic carbocycles. The van der Waals surface area contributed by atoms with Gasteiger partial charge in [0.15, 0.2) is 11.4 Å². The van der Waals surface area contributed by atoms with E-state index in [4.69, 9.17) is 5.73 Å². The maximum absolute atomic E-state index is 13.8. The third-order valence-electron chi connectivity index (χ3n) is 7.40. The fourth-order valence-electron chi connectivity index (χ4n) is 5.97. The summed E-state index contributed by atoms with van der Waals surface area (Å²) in [5.74, 6) is -9.24. The van der Waals surface area contributed by atoms with Crippen molar-refractivity contribution in [1.82, 2.24) is 4.90 Å². The summed E-state index contributed by atoms with van der Waals surface area (Å²) >= 11 is 0. The fraction of sp³-hybridized carbons (Fsp3) is 0.360. The molecule has 3 aliphatic carbocycles. The Labute approximate surface area is 200 Å². The summed E-state index contributed by atoms with van der Waals surface area (Å²) in [6.07, 6.45) is -0.130. The number of aliphatic hydroxyl groups excluding tert-OH is 3.